The van der Waals surface area contributed by atoms with E-state index in [0.717, 1.165) is 5.92 Å². The monoisotopic (exact) mass is 368 g/mol. The van der Waals surface area contributed by atoms with Crippen LogP contribution >= 0.6 is 11.8 Å². The van der Waals surface area contributed by atoms with Crippen molar-refractivity contribution in [2.24, 2.45) is 5.92 Å². The fourth-order valence-electron chi connectivity index (χ4n) is 3.98. The molecule has 1 aromatic heterocycles. The number of aromatic amines is 1. The minimum Gasteiger partial charge on any atom is -0.361 e. The van der Waals surface area contributed by atoms with Gasteiger partial charge in [0.15, 0.2) is 0 Å². The van der Waals surface area contributed by atoms with Gasteiger partial charge in [-0.1, -0.05) is 12.1 Å². The van der Waals surface area contributed by atoms with Crippen LogP contribution in [0.1, 0.15) is 23.5 Å². The first-order chi connectivity index (χ1) is 11.4. The van der Waals surface area contributed by atoms with Crippen molar-refractivity contribution in [3.63, 3.8) is 0 Å². The molecule has 3 N–H and O–H groups in total. The van der Waals surface area contributed by atoms with Gasteiger partial charge in [0.05, 0.1) is 6.26 Å². The molecule has 1 aromatic carbocycles. The Balaban J connectivity index is 0.000000300. The summed E-state index contributed by atoms with van der Waals surface area (Å²) in [5.74, 6) is 2.82. The lowest BCUT2D eigenvalue weighted by Gasteiger charge is -2.40. The van der Waals surface area contributed by atoms with Gasteiger partial charge in [0, 0.05) is 29.1 Å². The molecule has 5 nitrogen and oxygen atoms in total. The van der Waals surface area contributed by atoms with E-state index in [0.29, 0.717) is 18.2 Å². The third kappa shape index (κ3) is 3.96. The highest BCUT2D eigenvalue weighted by Crippen LogP contribution is 2.42. The molecule has 1 aliphatic carbocycles. The molecule has 2 aliphatic rings. The number of hydrogen-bond acceptors (Lipinski definition) is 4. The van der Waals surface area contributed by atoms with Gasteiger partial charge < -0.3 is 10.3 Å². The molecule has 1 unspecified atom stereocenters. The fraction of sp³-hybridized carbons (Fsp3) is 0.529. The predicted molar refractivity (Wildman–Crippen MR) is 100 cm³/mol. The van der Waals surface area contributed by atoms with Crippen LogP contribution in [-0.2, 0) is 16.5 Å². The van der Waals surface area contributed by atoms with Crippen LogP contribution in [0.5, 0.6) is 0 Å². The van der Waals surface area contributed by atoms with Crippen LogP contribution in [0, 0.1) is 5.92 Å². The van der Waals surface area contributed by atoms with Crippen molar-refractivity contribution in [2.45, 2.75) is 24.8 Å². The number of aromatic nitrogens is 1. The summed E-state index contributed by atoms with van der Waals surface area (Å²) in [6, 6.07) is 7.41. The SMILES string of the molecule is CS(=O)(=O)O.CSCC1CN[C@@H]2Cc3c[nH]c4cccc(c34)[C@H]2C1. The van der Waals surface area contributed by atoms with E-state index in [9.17, 15) is 8.42 Å². The van der Waals surface area contributed by atoms with E-state index in [1.165, 1.54) is 41.6 Å². The Hall–Kier alpha value is -1.02. The molecule has 0 saturated carbocycles. The van der Waals surface area contributed by atoms with Gasteiger partial charge in [-0.3, -0.25) is 4.55 Å². The maximum Gasteiger partial charge on any atom is 0.261 e. The largest absolute Gasteiger partial charge is 0.361 e. The van der Waals surface area contributed by atoms with E-state index in [2.05, 4.69) is 41.0 Å². The molecule has 3 atom stereocenters. The Kier molecular flexibility index (Phi) is 5.24. The standard InChI is InChI=1S/C16H20N2S.CH4O3S/c1-19-9-10-5-13-12-3-2-4-14-16(12)11(8-18-14)6-15(13)17-7-10;1-5(2,3)4/h2-4,8,10,13,15,17-18H,5-7,9H2,1H3;1H3,(H,2,3,4)/t10?,13-,15-;/m1./s1. The van der Waals surface area contributed by atoms with Gasteiger partial charge in [0.1, 0.15) is 0 Å². The van der Waals surface area contributed by atoms with Crippen LogP contribution < -0.4 is 5.32 Å². The number of nitrogens with one attached hydrogen (secondary N) is 2. The number of rotatable bonds is 2. The lowest BCUT2D eigenvalue weighted by atomic mass is 9.73. The third-order valence-electron chi connectivity index (χ3n) is 4.80. The van der Waals surface area contributed by atoms with E-state index < -0.39 is 10.1 Å². The summed E-state index contributed by atoms with van der Waals surface area (Å²) in [5, 5.41) is 5.31. The van der Waals surface area contributed by atoms with Gasteiger partial charge >= 0.3 is 0 Å². The average molecular weight is 369 g/mol. The first kappa shape index (κ1) is 17.8. The molecule has 4 rings (SSSR count). The summed E-state index contributed by atoms with van der Waals surface area (Å²) in [6.07, 6.45) is 7.68. The van der Waals surface area contributed by atoms with Crippen LogP contribution in [-0.4, -0.2) is 48.8 Å². The summed E-state index contributed by atoms with van der Waals surface area (Å²) in [5.41, 5.74) is 4.39. The molecule has 132 valence electrons. The maximum atomic E-state index is 9.19. The highest BCUT2D eigenvalue weighted by Gasteiger charge is 2.35. The number of hydrogen-bond donors (Lipinski definition) is 3. The molecule has 1 fully saturated rings. The van der Waals surface area contributed by atoms with Gasteiger partial charge in [-0.05, 0) is 54.5 Å². The van der Waals surface area contributed by atoms with Crippen molar-refractivity contribution >= 4 is 32.8 Å². The van der Waals surface area contributed by atoms with Gasteiger partial charge in [-0.15, -0.1) is 0 Å². The summed E-state index contributed by atoms with van der Waals surface area (Å²) >= 11 is 1.98. The first-order valence-corrected chi connectivity index (χ1v) is 11.3. The predicted octanol–water partition coefficient (Wildman–Crippen LogP) is 2.65. The number of H-pyrrole nitrogens is 1. The second-order valence-electron chi connectivity index (χ2n) is 6.70. The van der Waals surface area contributed by atoms with Crippen molar-refractivity contribution < 1.29 is 13.0 Å². The van der Waals surface area contributed by atoms with Crippen molar-refractivity contribution in [1.29, 1.82) is 0 Å². The summed E-state index contributed by atoms with van der Waals surface area (Å²) in [6.45, 7) is 1.19. The molecular formula is C17H24N2O3S2. The number of piperidine rings is 1. The zero-order chi connectivity index (χ0) is 17.3. The van der Waals surface area contributed by atoms with Crippen LogP contribution in [0.15, 0.2) is 24.4 Å². The molecule has 0 radical (unpaired) electrons. The molecule has 0 amide bonds. The quantitative estimate of drug-likeness (QED) is 0.710. The Morgan fingerprint density at radius 2 is 2.12 bits per heavy atom. The van der Waals surface area contributed by atoms with Gasteiger partial charge in [0.25, 0.3) is 10.1 Å². The second-order valence-corrected chi connectivity index (χ2v) is 9.08. The van der Waals surface area contributed by atoms with Crippen LogP contribution in [0.2, 0.25) is 0 Å². The number of fused-ring (bicyclic) bond motifs is 2. The smallest absolute Gasteiger partial charge is 0.261 e. The molecule has 2 aromatic rings. The Morgan fingerprint density at radius 3 is 2.83 bits per heavy atom. The van der Waals surface area contributed by atoms with Crippen molar-refractivity contribution in [1.82, 2.24) is 10.3 Å². The normalized spacial score (nSPS) is 25.7. The van der Waals surface area contributed by atoms with E-state index in [1.54, 1.807) is 5.56 Å². The van der Waals surface area contributed by atoms with Crippen molar-refractivity contribution in [2.75, 3.05) is 24.8 Å². The Bertz CT molecular complexity index is 808. The van der Waals surface area contributed by atoms with Crippen molar-refractivity contribution in [3.05, 3.63) is 35.5 Å². The second kappa shape index (κ2) is 7.07. The van der Waals surface area contributed by atoms with Gasteiger partial charge in [0.2, 0.25) is 0 Å². The molecule has 2 heterocycles. The molecule has 7 heteroatoms. The highest BCUT2D eigenvalue weighted by atomic mass is 32.2. The lowest BCUT2D eigenvalue weighted by Crippen LogP contribution is -2.47. The van der Waals surface area contributed by atoms with E-state index in [1.807, 2.05) is 11.8 Å². The fourth-order valence-corrected chi connectivity index (χ4v) is 4.71. The maximum absolute atomic E-state index is 9.19. The molecule has 1 aliphatic heterocycles. The zero-order valence-electron chi connectivity index (χ0n) is 14.0. The highest BCUT2D eigenvalue weighted by molar-refractivity contribution is 7.98. The zero-order valence-corrected chi connectivity index (χ0v) is 15.6. The number of benzene rings is 1. The van der Waals surface area contributed by atoms with E-state index >= 15 is 0 Å². The molecule has 24 heavy (non-hydrogen) atoms. The van der Waals surface area contributed by atoms with Crippen LogP contribution in [0.3, 0.4) is 0 Å². The molecular weight excluding hydrogens is 344 g/mol. The Labute approximate surface area is 147 Å². The average Bonchev–Trinajstić information content (AvgIpc) is 2.91. The molecule has 1 saturated heterocycles. The summed E-state index contributed by atoms with van der Waals surface area (Å²) < 4.78 is 25.9. The first-order valence-electron chi connectivity index (χ1n) is 8.10. The van der Waals surface area contributed by atoms with Gasteiger partial charge in [-0.2, -0.15) is 20.2 Å². The van der Waals surface area contributed by atoms with Gasteiger partial charge in [-0.25, -0.2) is 0 Å². The minimum atomic E-state index is -3.67. The summed E-state index contributed by atoms with van der Waals surface area (Å²) in [4.78, 5) is 3.43. The topological polar surface area (TPSA) is 82.2 Å². The van der Waals surface area contributed by atoms with Crippen LogP contribution in [0.4, 0.5) is 0 Å². The third-order valence-corrected chi connectivity index (χ3v) is 5.61. The Morgan fingerprint density at radius 1 is 1.38 bits per heavy atom. The minimum absolute atomic E-state index is 0.645. The molecule has 0 spiro atoms. The number of thioether (sulfide) groups is 1. The van der Waals surface area contributed by atoms with Crippen molar-refractivity contribution in [3.8, 4) is 0 Å². The lowest BCUT2D eigenvalue weighted by molar-refractivity contribution is 0.286. The van der Waals surface area contributed by atoms with E-state index in [-0.39, 0.29) is 0 Å². The molecule has 0 bridgehead atoms. The summed E-state index contributed by atoms with van der Waals surface area (Å²) in [7, 11) is -3.67. The van der Waals surface area contributed by atoms with Crippen LogP contribution in [0.25, 0.3) is 10.9 Å². The van der Waals surface area contributed by atoms with E-state index in [4.69, 9.17) is 4.55 Å².